The molecule has 4 rings (SSSR count). The maximum absolute atomic E-state index is 10.2. The van der Waals surface area contributed by atoms with Gasteiger partial charge in [-0.25, -0.2) is 9.97 Å². The summed E-state index contributed by atoms with van der Waals surface area (Å²) in [7, 11) is 0. The van der Waals surface area contributed by atoms with E-state index in [1.54, 1.807) is 13.1 Å². The largest absolute Gasteiger partial charge is 0.385 e. The lowest BCUT2D eigenvalue weighted by Crippen LogP contribution is -2.23. The molecule has 124 valence electrons. The Kier molecular flexibility index (Phi) is 3.71. The number of fused-ring (bicyclic) bond motifs is 3. The van der Waals surface area contributed by atoms with E-state index in [0.717, 1.165) is 48.1 Å². The minimum absolute atomic E-state index is 0.249. The highest BCUT2D eigenvalue weighted by Gasteiger charge is 2.29. The molecule has 1 saturated heterocycles. The van der Waals surface area contributed by atoms with Gasteiger partial charge in [0.05, 0.1) is 17.8 Å². The number of rotatable bonds is 4. The van der Waals surface area contributed by atoms with Crippen molar-refractivity contribution >= 4 is 22.1 Å². The van der Waals surface area contributed by atoms with Crippen LogP contribution < -0.4 is 0 Å². The summed E-state index contributed by atoms with van der Waals surface area (Å²) >= 11 is 0. The number of aromatic nitrogens is 4. The van der Waals surface area contributed by atoms with Crippen LogP contribution in [0.4, 0.5) is 0 Å². The minimum atomic E-state index is -0.639. The number of hydrogen-bond acceptors (Lipinski definition) is 5. The third kappa shape index (κ3) is 2.35. The number of nitrogens with one attached hydrogen (secondary N) is 1. The summed E-state index contributed by atoms with van der Waals surface area (Å²) < 4.78 is 2.18. The molecule has 0 aliphatic carbocycles. The van der Waals surface area contributed by atoms with E-state index in [2.05, 4.69) is 30.5 Å². The average Bonchev–Trinajstić information content (AvgIpc) is 3.28. The second kappa shape index (κ2) is 5.89. The van der Waals surface area contributed by atoms with Gasteiger partial charge >= 0.3 is 0 Å². The summed E-state index contributed by atoms with van der Waals surface area (Å²) in [6, 6.07) is 4.47. The monoisotopic (exact) mass is 324 g/mol. The van der Waals surface area contributed by atoms with Gasteiger partial charge in [0.15, 0.2) is 0 Å². The molecule has 0 amide bonds. The molecule has 0 spiro atoms. The molecular formula is C17H20N6O. The number of aliphatic hydroxyl groups is 1. The summed E-state index contributed by atoms with van der Waals surface area (Å²) in [5.74, 6) is 0.688. The fourth-order valence-electron chi connectivity index (χ4n) is 3.71. The van der Waals surface area contributed by atoms with E-state index in [0.29, 0.717) is 12.2 Å². The van der Waals surface area contributed by atoms with Crippen LogP contribution in [-0.4, -0.2) is 49.2 Å². The molecule has 1 fully saturated rings. The van der Waals surface area contributed by atoms with Crippen molar-refractivity contribution in [3.05, 3.63) is 24.3 Å². The first-order chi connectivity index (χ1) is 11.7. The topological polar surface area (TPSA) is 93.8 Å². The van der Waals surface area contributed by atoms with Gasteiger partial charge in [0.2, 0.25) is 0 Å². The van der Waals surface area contributed by atoms with Gasteiger partial charge in [-0.3, -0.25) is 0 Å². The predicted octanol–water partition coefficient (Wildman–Crippen LogP) is 2.13. The zero-order valence-corrected chi connectivity index (χ0v) is 13.6. The van der Waals surface area contributed by atoms with Gasteiger partial charge < -0.3 is 19.6 Å². The molecule has 0 aromatic carbocycles. The molecule has 1 aliphatic rings. The quantitative estimate of drug-likeness (QED) is 0.767. The number of nitriles is 1. The molecule has 24 heavy (non-hydrogen) atoms. The molecule has 7 nitrogen and oxygen atoms in total. The van der Waals surface area contributed by atoms with Crippen LogP contribution >= 0.6 is 0 Å². The van der Waals surface area contributed by atoms with Crippen molar-refractivity contribution in [2.75, 3.05) is 19.6 Å². The maximum Gasteiger partial charge on any atom is 0.139 e. The highest BCUT2D eigenvalue weighted by molar-refractivity contribution is 6.01. The van der Waals surface area contributed by atoms with Crippen molar-refractivity contribution in [2.45, 2.75) is 31.9 Å². The Morgan fingerprint density at radius 3 is 3.21 bits per heavy atom. The van der Waals surface area contributed by atoms with Gasteiger partial charge in [0.1, 0.15) is 23.1 Å². The molecule has 1 unspecified atom stereocenters. The van der Waals surface area contributed by atoms with Crippen molar-refractivity contribution in [1.29, 1.82) is 5.26 Å². The third-order valence-corrected chi connectivity index (χ3v) is 4.79. The fraction of sp³-hybridized carbons (Fsp3) is 0.471. The van der Waals surface area contributed by atoms with Gasteiger partial charge in [-0.05, 0) is 19.4 Å². The summed E-state index contributed by atoms with van der Waals surface area (Å²) in [5, 5.41) is 20.1. The Morgan fingerprint density at radius 1 is 1.54 bits per heavy atom. The minimum Gasteiger partial charge on any atom is -0.385 e. The lowest BCUT2D eigenvalue weighted by molar-refractivity contribution is 0.181. The number of H-pyrrole nitrogens is 1. The molecule has 3 aromatic heterocycles. The van der Waals surface area contributed by atoms with Crippen LogP contribution in [0.3, 0.4) is 0 Å². The zero-order chi connectivity index (χ0) is 16.7. The van der Waals surface area contributed by atoms with Crippen molar-refractivity contribution in [2.24, 2.45) is 0 Å². The van der Waals surface area contributed by atoms with Crippen LogP contribution in [0.1, 0.15) is 37.7 Å². The van der Waals surface area contributed by atoms with Crippen LogP contribution in [-0.2, 0) is 0 Å². The van der Waals surface area contributed by atoms with E-state index in [-0.39, 0.29) is 6.04 Å². The van der Waals surface area contributed by atoms with Crippen molar-refractivity contribution in [3.8, 4) is 6.07 Å². The number of aliphatic hydroxyl groups excluding tert-OH is 1. The normalized spacial score (nSPS) is 20.0. The van der Waals surface area contributed by atoms with Crippen LogP contribution in [0.15, 0.2) is 18.5 Å². The number of imidazole rings is 1. The fourth-order valence-corrected chi connectivity index (χ4v) is 3.71. The Hall–Kier alpha value is -2.43. The van der Waals surface area contributed by atoms with E-state index in [4.69, 9.17) is 5.26 Å². The van der Waals surface area contributed by atoms with Crippen LogP contribution in [0.5, 0.6) is 0 Å². The molecule has 0 saturated carbocycles. The predicted molar refractivity (Wildman–Crippen MR) is 90.3 cm³/mol. The lowest BCUT2D eigenvalue weighted by Gasteiger charge is -2.19. The summed E-state index contributed by atoms with van der Waals surface area (Å²) in [5.41, 5.74) is 2.68. The molecule has 2 atom stereocenters. The summed E-state index contributed by atoms with van der Waals surface area (Å²) in [6.07, 6.45) is 4.54. The molecule has 7 heteroatoms. The molecule has 0 radical (unpaired) electrons. The lowest BCUT2D eigenvalue weighted by atomic mass is 10.2. The summed E-state index contributed by atoms with van der Waals surface area (Å²) in [4.78, 5) is 14.5. The van der Waals surface area contributed by atoms with Crippen LogP contribution in [0, 0.1) is 11.3 Å². The highest BCUT2D eigenvalue weighted by Crippen LogP contribution is 2.33. The maximum atomic E-state index is 10.2. The van der Waals surface area contributed by atoms with Crippen molar-refractivity contribution in [1.82, 2.24) is 24.4 Å². The smallest absolute Gasteiger partial charge is 0.139 e. The van der Waals surface area contributed by atoms with Crippen molar-refractivity contribution in [3.63, 3.8) is 0 Å². The van der Waals surface area contributed by atoms with Crippen LogP contribution in [0.25, 0.3) is 22.1 Å². The third-order valence-electron chi connectivity index (χ3n) is 4.79. The second-order valence-electron chi connectivity index (χ2n) is 6.40. The van der Waals surface area contributed by atoms with E-state index < -0.39 is 6.10 Å². The van der Waals surface area contributed by atoms with Gasteiger partial charge in [0.25, 0.3) is 0 Å². The SMILES string of the molecule is C[C@@H](O)c1nc2cnc3[nH]ccc3c2n1C1CCN(CCC#N)C1. The Labute approximate surface area is 139 Å². The average molecular weight is 324 g/mol. The second-order valence-corrected chi connectivity index (χ2v) is 6.40. The Morgan fingerprint density at radius 2 is 2.42 bits per heavy atom. The van der Waals surface area contributed by atoms with Gasteiger partial charge in [-0.15, -0.1) is 0 Å². The first-order valence-corrected chi connectivity index (χ1v) is 8.30. The molecule has 3 aromatic rings. The van der Waals surface area contributed by atoms with E-state index in [1.165, 1.54) is 0 Å². The molecule has 2 N–H and O–H groups in total. The number of pyridine rings is 1. The Balaban J connectivity index is 1.82. The molecular weight excluding hydrogens is 304 g/mol. The van der Waals surface area contributed by atoms with E-state index in [9.17, 15) is 5.11 Å². The number of hydrogen-bond donors (Lipinski definition) is 2. The molecule has 0 bridgehead atoms. The standard InChI is InChI=1S/C17H20N6O/c1-11(24)17-21-14-9-20-16-13(3-6-19-16)15(14)23(17)12-4-8-22(10-12)7-2-5-18/h3,6,9,11-12,24H,2,4,7-8,10H2,1H3,(H,19,20)/t11-,12?/m1/s1. The van der Waals surface area contributed by atoms with E-state index in [1.807, 2.05) is 12.3 Å². The number of nitrogens with zero attached hydrogens (tertiary/aromatic N) is 5. The van der Waals surface area contributed by atoms with E-state index >= 15 is 0 Å². The number of aromatic amines is 1. The zero-order valence-electron chi connectivity index (χ0n) is 13.6. The molecule has 1 aliphatic heterocycles. The van der Waals surface area contributed by atoms with Crippen molar-refractivity contribution < 1.29 is 5.11 Å². The first-order valence-electron chi connectivity index (χ1n) is 8.30. The Bertz CT molecular complexity index is 918. The highest BCUT2D eigenvalue weighted by atomic mass is 16.3. The van der Waals surface area contributed by atoms with Crippen LogP contribution in [0.2, 0.25) is 0 Å². The van der Waals surface area contributed by atoms with Gasteiger partial charge in [-0.1, -0.05) is 0 Å². The molecule has 4 heterocycles. The van der Waals surface area contributed by atoms with Gasteiger partial charge in [-0.2, -0.15) is 5.26 Å². The number of likely N-dealkylation sites (tertiary alicyclic amines) is 1. The van der Waals surface area contributed by atoms with Gasteiger partial charge in [0, 0.05) is 43.7 Å². The summed E-state index contributed by atoms with van der Waals surface area (Å²) in [6.45, 7) is 4.39. The first kappa shape index (κ1) is 15.1.